The van der Waals surface area contributed by atoms with Crippen molar-refractivity contribution in [3.63, 3.8) is 0 Å². The van der Waals surface area contributed by atoms with Crippen LogP contribution in [0.15, 0.2) is 107 Å². The number of nitro groups is 1. The molecule has 57 heavy (non-hydrogen) atoms. The van der Waals surface area contributed by atoms with E-state index in [2.05, 4.69) is 37.5 Å². The molecule has 0 radical (unpaired) electrons. The molecule has 1 amide bonds. The Bertz CT molecular complexity index is 2270. The van der Waals surface area contributed by atoms with Gasteiger partial charge in [-0.1, -0.05) is 18.2 Å². The lowest BCUT2D eigenvalue weighted by Gasteiger charge is -2.35. The maximum absolute atomic E-state index is 13.1. The van der Waals surface area contributed by atoms with E-state index in [1.54, 1.807) is 24.0 Å². The third-order valence-electron chi connectivity index (χ3n) is 8.81. The van der Waals surface area contributed by atoms with Gasteiger partial charge in [-0.3, -0.25) is 24.8 Å². The number of sulfonamides is 1. The molecule has 6 rings (SSSR count). The van der Waals surface area contributed by atoms with Crippen molar-refractivity contribution in [3.8, 4) is 22.6 Å². The summed E-state index contributed by atoms with van der Waals surface area (Å²) in [5.74, 6) is 1.65. The number of aromatic nitrogens is 3. The van der Waals surface area contributed by atoms with Crippen LogP contribution in [0.4, 0.5) is 17.2 Å². The van der Waals surface area contributed by atoms with Crippen LogP contribution in [0.3, 0.4) is 0 Å². The molecule has 1 fully saturated rings. The zero-order valence-corrected chi connectivity index (χ0v) is 33.5. The summed E-state index contributed by atoms with van der Waals surface area (Å²) < 4.78 is 40.0. The van der Waals surface area contributed by atoms with E-state index in [4.69, 9.17) is 9.47 Å². The number of nitrogens with zero attached hydrogens (tertiary/aromatic N) is 6. The third-order valence-corrected chi connectivity index (χ3v) is 11.2. The van der Waals surface area contributed by atoms with Crippen LogP contribution in [-0.2, 0) is 16.6 Å². The van der Waals surface area contributed by atoms with Gasteiger partial charge >= 0.3 is 0 Å². The van der Waals surface area contributed by atoms with E-state index in [1.165, 1.54) is 18.2 Å². The second-order valence-electron chi connectivity index (χ2n) is 13.4. The van der Waals surface area contributed by atoms with Gasteiger partial charge in [0.05, 0.1) is 28.7 Å². The number of hydrogen-bond donors (Lipinski definition) is 2. The number of nitro benzene ring substituents is 1. The molecule has 0 saturated carbocycles. The number of amides is 1. The van der Waals surface area contributed by atoms with E-state index in [0.717, 1.165) is 46.5 Å². The Morgan fingerprint density at radius 2 is 1.70 bits per heavy atom. The minimum Gasteiger partial charge on any atom is -0.492 e. The van der Waals surface area contributed by atoms with E-state index >= 15 is 0 Å². The Labute approximate surface area is 336 Å². The van der Waals surface area contributed by atoms with Gasteiger partial charge in [0, 0.05) is 67.7 Å². The average molecular weight is 813 g/mol. The monoisotopic (exact) mass is 812 g/mol. The van der Waals surface area contributed by atoms with E-state index in [0.29, 0.717) is 50.1 Å². The van der Waals surface area contributed by atoms with Crippen molar-refractivity contribution < 1.29 is 27.6 Å². The largest absolute Gasteiger partial charge is 0.492 e. The number of rotatable bonds is 17. The first kappa shape index (κ1) is 40.9. The zero-order valence-electron chi connectivity index (χ0n) is 31.8. The van der Waals surface area contributed by atoms with Crippen molar-refractivity contribution in [3.05, 3.63) is 119 Å². The zero-order chi connectivity index (χ0) is 40.4. The molecule has 1 aliphatic rings. The summed E-state index contributed by atoms with van der Waals surface area (Å²) in [6.45, 7) is 10.4. The lowest BCUT2D eigenvalue weighted by atomic mass is 10.0. The molecule has 1 saturated heterocycles. The molecule has 5 aromatic rings. The van der Waals surface area contributed by atoms with Gasteiger partial charge in [0.1, 0.15) is 17.2 Å². The van der Waals surface area contributed by atoms with Crippen molar-refractivity contribution in [1.29, 1.82) is 0 Å². The number of pyridine rings is 1. The maximum Gasteiger partial charge on any atom is 0.293 e. The topological polar surface area (TPSA) is 182 Å². The molecule has 2 aromatic heterocycles. The molecule has 298 valence electrons. The third kappa shape index (κ3) is 11.2. The number of anilines is 2. The molecule has 1 aliphatic heterocycles. The first-order chi connectivity index (χ1) is 27.5. The second-order valence-corrected chi connectivity index (χ2v) is 16.2. The van der Waals surface area contributed by atoms with Crippen molar-refractivity contribution in [1.82, 2.24) is 24.8 Å². The minimum atomic E-state index is -4.47. The highest BCUT2D eigenvalue weighted by atomic mass is 32.2. The lowest BCUT2D eigenvalue weighted by Crippen LogP contribution is -2.46. The Kier molecular flexibility index (Phi) is 13.6. The molecule has 0 spiro atoms. The van der Waals surface area contributed by atoms with Crippen LogP contribution in [0, 0.1) is 10.1 Å². The summed E-state index contributed by atoms with van der Waals surface area (Å²) in [5, 5.41) is 23.0. The number of hydrogen-bond acceptors (Lipinski definition) is 14. The quantitative estimate of drug-likeness (QED) is 0.0463. The Morgan fingerprint density at radius 1 is 0.930 bits per heavy atom. The molecule has 0 bridgehead atoms. The lowest BCUT2D eigenvalue weighted by molar-refractivity contribution is -0.384. The van der Waals surface area contributed by atoms with E-state index < -0.39 is 31.4 Å². The van der Waals surface area contributed by atoms with Gasteiger partial charge in [-0.05, 0) is 92.6 Å². The normalized spacial score (nSPS) is 13.3. The van der Waals surface area contributed by atoms with Gasteiger partial charge in [-0.2, -0.15) is 0 Å². The molecule has 15 nitrogen and oxygen atoms in total. The molecule has 17 heteroatoms. The summed E-state index contributed by atoms with van der Waals surface area (Å²) in [4.78, 5) is 33.5. The number of carbonyl (C=O) groups is 1. The van der Waals surface area contributed by atoms with Crippen LogP contribution in [0.1, 0.15) is 36.8 Å². The number of benzene rings is 3. The molecule has 3 heterocycles. The molecule has 0 aliphatic carbocycles. The fourth-order valence-corrected chi connectivity index (χ4v) is 7.94. The Morgan fingerprint density at radius 3 is 2.40 bits per heavy atom. The van der Waals surface area contributed by atoms with Crippen LogP contribution in [-0.4, -0.2) is 90.5 Å². The van der Waals surface area contributed by atoms with Crippen LogP contribution in [0.25, 0.3) is 11.1 Å². The highest BCUT2D eigenvalue weighted by molar-refractivity contribution is 7.99. The second kappa shape index (κ2) is 18.9. The van der Waals surface area contributed by atoms with Crippen molar-refractivity contribution >= 4 is 44.9 Å². The molecule has 2 N–H and O–H groups in total. The number of nitrogens with one attached hydrogen (secondary N) is 2. The van der Waals surface area contributed by atoms with E-state index in [-0.39, 0.29) is 17.5 Å². The highest BCUT2D eigenvalue weighted by Gasteiger charge is 2.25. The van der Waals surface area contributed by atoms with Crippen molar-refractivity contribution in [2.45, 2.75) is 43.2 Å². The van der Waals surface area contributed by atoms with Crippen LogP contribution < -0.4 is 24.4 Å². The standard InChI is InChI=1S/C40H44N8O7S2/c1-4-54-33-23-31(25-41-26-33)30-20-29(21-32(22-30)55-28(2)3)27-46-15-17-47(18-16-46)39-13-12-37(43-44-39)40(49)45-57(52,53)35-10-11-36(38(24-35)48(50)51)42-14-19-56-34-8-6-5-7-9-34/h5-13,20-26,28,42H,4,14-19,27H2,1-3H3,(H,45,49). The van der Waals surface area contributed by atoms with Crippen molar-refractivity contribution in [2.24, 2.45) is 0 Å². The Hall–Kier alpha value is -5.78. The number of piperazine rings is 1. The smallest absolute Gasteiger partial charge is 0.293 e. The summed E-state index contributed by atoms with van der Waals surface area (Å²) in [6.07, 6.45) is 3.52. The molecule has 0 unspecified atom stereocenters. The SMILES string of the molecule is CCOc1cncc(-c2cc(CN3CCN(c4ccc(C(=O)NS(=O)(=O)c5ccc(NCCSc6ccccc6)c([N+](=O)[O-])c5)nn4)CC3)cc(OC(C)C)c2)c1. The summed E-state index contributed by atoms with van der Waals surface area (Å²) in [5.41, 5.74) is 2.53. The molecule has 3 aromatic carbocycles. The van der Waals surface area contributed by atoms with Crippen molar-refractivity contribution in [2.75, 3.05) is 55.3 Å². The van der Waals surface area contributed by atoms with Gasteiger partial charge in [0.2, 0.25) is 0 Å². The number of ether oxygens (including phenoxy) is 2. The fourth-order valence-electron chi connectivity index (χ4n) is 6.17. The molecule has 0 atom stereocenters. The van der Waals surface area contributed by atoms with Crippen LogP contribution in [0.2, 0.25) is 0 Å². The predicted molar refractivity (Wildman–Crippen MR) is 220 cm³/mol. The van der Waals surface area contributed by atoms with Gasteiger partial charge < -0.3 is 19.7 Å². The molecular formula is C40H44N8O7S2. The average Bonchev–Trinajstić information content (AvgIpc) is 3.20. The fraction of sp³-hybridized carbons (Fsp3) is 0.300. The minimum absolute atomic E-state index is 0.0110. The summed E-state index contributed by atoms with van der Waals surface area (Å²) in [7, 11) is -4.47. The first-order valence-corrected chi connectivity index (χ1v) is 20.9. The van der Waals surface area contributed by atoms with Gasteiger partial charge in [0.15, 0.2) is 11.5 Å². The molecular weight excluding hydrogens is 769 g/mol. The van der Waals surface area contributed by atoms with Gasteiger partial charge in [-0.25, -0.2) is 13.1 Å². The number of thioether (sulfide) groups is 1. The predicted octanol–water partition coefficient (Wildman–Crippen LogP) is 6.28. The Balaban J connectivity index is 1.04. The first-order valence-electron chi connectivity index (χ1n) is 18.4. The summed E-state index contributed by atoms with van der Waals surface area (Å²) >= 11 is 1.58. The number of carbonyl (C=O) groups excluding carboxylic acids is 1. The summed E-state index contributed by atoms with van der Waals surface area (Å²) in [6, 6.07) is 24.4. The van der Waals surface area contributed by atoms with E-state index in [9.17, 15) is 23.3 Å². The van der Waals surface area contributed by atoms with Gasteiger partial charge in [-0.15, -0.1) is 22.0 Å². The van der Waals surface area contributed by atoms with Gasteiger partial charge in [0.25, 0.3) is 21.6 Å². The van der Waals surface area contributed by atoms with Crippen LogP contribution in [0.5, 0.6) is 11.5 Å². The van der Waals surface area contributed by atoms with E-state index in [1.807, 2.05) is 79.1 Å². The maximum atomic E-state index is 13.1. The van der Waals surface area contributed by atoms with Crippen LogP contribution >= 0.6 is 11.8 Å². The highest BCUT2D eigenvalue weighted by Crippen LogP contribution is 2.31.